The Kier molecular flexibility index (Phi) is 5.81. The summed E-state index contributed by atoms with van der Waals surface area (Å²) in [4.78, 5) is 16.6. The fourth-order valence-electron chi connectivity index (χ4n) is 4.73. The molecule has 3 saturated heterocycles. The van der Waals surface area contributed by atoms with Crippen molar-refractivity contribution in [2.24, 2.45) is 5.41 Å². The van der Waals surface area contributed by atoms with Gasteiger partial charge in [0.05, 0.1) is 26.3 Å². The summed E-state index contributed by atoms with van der Waals surface area (Å²) in [7, 11) is 0. The number of likely N-dealkylation sites (tertiary alicyclic amines) is 2. The van der Waals surface area contributed by atoms with E-state index >= 15 is 0 Å². The number of carbonyl (C=O) groups excluding carboxylic acids is 1. The third-order valence-electron chi connectivity index (χ3n) is 6.64. The van der Waals surface area contributed by atoms with Crippen LogP contribution in [0, 0.1) is 5.41 Å². The van der Waals surface area contributed by atoms with Crippen LogP contribution in [0.25, 0.3) is 11.5 Å². The Morgan fingerprint density at radius 2 is 1.72 bits per heavy atom. The molecular weight excluding hydrogens is 474 g/mol. The van der Waals surface area contributed by atoms with Gasteiger partial charge in [0.25, 0.3) is 0 Å². The molecule has 0 unspecified atom stereocenters. The third kappa shape index (κ3) is 4.63. The van der Waals surface area contributed by atoms with E-state index in [1.807, 2.05) is 12.1 Å². The van der Waals surface area contributed by atoms with Crippen molar-refractivity contribution in [3.8, 4) is 23.0 Å². The van der Waals surface area contributed by atoms with Crippen LogP contribution in [-0.4, -0.2) is 78.0 Å². The van der Waals surface area contributed by atoms with E-state index in [0.29, 0.717) is 24.1 Å². The molecule has 0 bridgehead atoms. The number of benzene rings is 2. The van der Waals surface area contributed by atoms with E-state index in [-0.39, 0.29) is 29.5 Å². The summed E-state index contributed by atoms with van der Waals surface area (Å²) >= 11 is 0. The molecule has 0 aliphatic carbocycles. The van der Waals surface area contributed by atoms with Crippen molar-refractivity contribution in [3.63, 3.8) is 0 Å². The zero-order valence-electron chi connectivity index (χ0n) is 19.3. The van der Waals surface area contributed by atoms with Crippen LogP contribution < -0.4 is 9.47 Å². The van der Waals surface area contributed by atoms with Gasteiger partial charge in [0.2, 0.25) is 5.89 Å². The average Bonchev–Trinajstić information content (AvgIpc) is 3.28. The summed E-state index contributed by atoms with van der Waals surface area (Å²) in [6.07, 6.45) is -0.113. The number of aromatic nitrogens is 2. The molecule has 0 N–H and O–H groups in total. The lowest BCUT2D eigenvalue weighted by Crippen LogP contribution is -2.65. The molecule has 1 amide bonds. The SMILES string of the molecule is O=C(c1nnc(-c2ccc(OC(F)F)cc2)o1)N1CC(Oc2ccc(CN3CC4(COC4)C3)cc2)C1. The van der Waals surface area contributed by atoms with Gasteiger partial charge in [-0.25, -0.2) is 0 Å². The molecule has 1 aromatic heterocycles. The summed E-state index contributed by atoms with van der Waals surface area (Å²) in [6.45, 7) is 2.82. The van der Waals surface area contributed by atoms with Crippen molar-refractivity contribution in [2.75, 3.05) is 39.4 Å². The number of hydrogen-bond donors (Lipinski definition) is 0. The van der Waals surface area contributed by atoms with Crippen molar-refractivity contribution in [1.82, 2.24) is 20.0 Å². The van der Waals surface area contributed by atoms with Gasteiger partial charge in [-0.3, -0.25) is 9.69 Å². The van der Waals surface area contributed by atoms with Gasteiger partial charge in [-0.1, -0.05) is 12.1 Å². The number of ether oxygens (including phenoxy) is 3. The molecule has 188 valence electrons. The fraction of sp³-hybridized carbons (Fsp3) is 0.400. The zero-order valence-corrected chi connectivity index (χ0v) is 19.3. The van der Waals surface area contributed by atoms with E-state index in [9.17, 15) is 13.6 Å². The summed E-state index contributed by atoms with van der Waals surface area (Å²) in [5.41, 5.74) is 2.15. The number of hydrogen-bond acceptors (Lipinski definition) is 8. The molecule has 3 fully saturated rings. The number of nitrogens with zero attached hydrogens (tertiary/aromatic N) is 4. The predicted molar refractivity (Wildman–Crippen MR) is 122 cm³/mol. The van der Waals surface area contributed by atoms with Crippen LogP contribution in [0.2, 0.25) is 0 Å². The molecule has 1 spiro atoms. The van der Waals surface area contributed by atoms with Crippen LogP contribution >= 0.6 is 0 Å². The lowest BCUT2D eigenvalue weighted by molar-refractivity contribution is -0.191. The maximum atomic E-state index is 12.7. The first-order chi connectivity index (χ1) is 17.4. The van der Waals surface area contributed by atoms with Gasteiger partial charge in [-0.15, -0.1) is 10.2 Å². The minimum atomic E-state index is -2.90. The minimum Gasteiger partial charge on any atom is -0.487 e. The smallest absolute Gasteiger partial charge is 0.387 e. The van der Waals surface area contributed by atoms with Crippen molar-refractivity contribution in [2.45, 2.75) is 19.3 Å². The minimum absolute atomic E-state index is 0.0133. The number of halogens is 2. The second kappa shape index (κ2) is 9.14. The number of carbonyl (C=O) groups is 1. The monoisotopic (exact) mass is 498 g/mol. The Morgan fingerprint density at radius 3 is 2.36 bits per heavy atom. The molecule has 11 heteroatoms. The maximum absolute atomic E-state index is 12.7. The molecular formula is C25H24F2N4O5. The van der Waals surface area contributed by atoms with Crippen LogP contribution in [0.5, 0.6) is 11.5 Å². The highest BCUT2D eigenvalue weighted by atomic mass is 19.3. The third-order valence-corrected chi connectivity index (χ3v) is 6.64. The van der Waals surface area contributed by atoms with E-state index in [4.69, 9.17) is 13.9 Å². The topological polar surface area (TPSA) is 90.2 Å². The van der Waals surface area contributed by atoms with Crippen LogP contribution in [0.3, 0.4) is 0 Å². The largest absolute Gasteiger partial charge is 0.487 e. The Bertz CT molecular complexity index is 1220. The molecule has 0 saturated carbocycles. The highest BCUT2D eigenvalue weighted by molar-refractivity contribution is 5.90. The molecule has 0 radical (unpaired) electrons. The highest BCUT2D eigenvalue weighted by Crippen LogP contribution is 2.38. The Labute approximate surface area is 205 Å². The summed E-state index contributed by atoms with van der Waals surface area (Å²) < 4.78 is 45.7. The summed E-state index contributed by atoms with van der Waals surface area (Å²) in [5, 5.41) is 7.71. The second-order valence-corrected chi connectivity index (χ2v) is 9.55. The lowest BCUT2D eigenvalue weighted by atomic mass is 9.78. The first-order valence-corrected chi connectivity index (χ1v) is 11.7. The quantitative estimate of drug-likeness (QED) is 0.468. The van der Waals surface area contributed by atoms with E-state index in [1.54, 1.807) is 4.90 Å². The van der Waals surface area contributed by atoms with Crippen molar-refractivity contribution >= 4 is 5.91 Å². The van der Waals surface area contributed by atoms with Gasteiger partial charge in [0.1, 0.15) is 17.6 Å². The Hall–Kier alpha value is -3.57. The molecule has 3 aliphatic heterocycles. The normalized spacial score (nSPS) is 19.0. The second-order valence-electron chi connectivity index (χ2n) is 9.55. The molecule has 9 nitrogen and oxygen atoms in total. The van der Waals surface area contributed by atoms with Gasteiger partial charge in [-0.2, -0.15) is 8.78 Å². The summed E-state index contributed by atoms with van der Waals surface area (Å²) in [5.74, 6) is 0.375. The van der Waals surface area contributed by atoms with Crippen LogP contribution in [-0.2, 0) is 11.3 Å². The van der Waals surface area contributed by atoms with E-state index < -0.39 is 6.61 Å². The first-order valence-electron chi connectivity index (χ1n) is 11.7. The molecule has 3 aromatic rings. The lowest BCUT2D eigenvalue weighted by Gasteiger charge is -2.55. The van der Waals surface area contributed by atoms with E-state index in [1.165, 1.54) is 29.8 Å². The van der Waals surface area contributed by atoms with Crippen LogP contribution in [0.4, 0.5) is 8.78 Å². The van der Waals surface area contributed by atoms with Crippen molar-refractivity contribution < 1.29 is 32.2 Å². The van der Waals surface area contributed by atoms with E-state index in [0.717, 1.165) is 38.6 Å². The van der Waals surface area contributed by atoms with Gasteiger partial charge >= 0.3 is 18.4 Å². The average molecular weight is 498 g/mol. The molecule has 3 aliphatic rings. The number of alkyl halides is 2. The molecule has 36 heavy (non-hydrogen) atoms. The van der Waals surface area contributed by atoms with Gasteiger partial charge < -0.3 is 23.5 Å². The highest BCUT2D eigenvalue weighted by Gasteiger charge is 2.48. The molecule has 4 heterocycles. The standard InChI is InChI=1S/C25H24F2N4O5/c26-24(27)35-19-7-3-17(4-8-19)21-28-29-22(36-21)23(32)31-10-20(11-31)34-18-5-1-16(2-6-18)9-30-12-25(13-30)14-33-15-25/h1-8,20,24H,9-15H2. The summed E-state index contributed by atoms with van der Waals surface area (Å²) in [6, 6.07) is 13.8. The predicted octanol–water partition coefficient (Wildman–Crippen LogP) is 3.07. The Balaban J connectivity index is 0.968. The van der Waals surface area contributed by atoms with Crippen LogP contribution in [0.15, 0.2) is 52.9 Å². The maximum Gasteiger partial charge on any atom is 0.387 e. The van der Waals surface area contributed by atoms with Gasteiger partial charge in [0, 0.05) is 30.6 Å². The van der Waals surface area contributed by atoms with Gasteiger partial charge in [-0.05, 0) is 42.0 Å². The van der Waals surface area contributed by atoms with Crippen molar-refractivity contribution in [1.29, 1.82) is 0 Å². The van der Waals surface area contributed by atoms with Crippen molar-refractivity contribution in [3.05, 3.63) is 60.0 Å². The molecule has 0 atom stereocenters. The van der Waals surface area contributed by atoms with Crippen LogP contribution in [0.1, 0.15) is 16.2 Å². The Morgan fingerprint density at radius 1 is 1.03 bits per heavy atom. The molecule has 2 aromatic carbocycles. The molecule has 6 rings (SSSR count). The van der Waals surface area contributed by atoms with Gasteiger partial charge in [0.15, 0.2) is 0 Å². The number of amides is 1. The zero-order chi connectivity index (χ0) is 24.7. The number of rotatable bonds is 8. The first kappa shape index (κ1) is 22.9. The van der Waals surface area contributed by atoms with E-state index in [2.05, 4.69) is 32.0 Å². The fourth-order valence-corrected chi connectivity index (χ4v) is 4.73.